The summed E-state index contributed by atoms with van der Waals surface area (Å²) >= 11 is 0. The highest BCUT2D eigenvalue weighted by molar-refractivity contribution is 6.03. The van der Waals surface area contributed by atoms with Gasteiger partial charge in [0.25, 0.3) is 0 Å². The van der Waals surface area contributed by atoms with Crippen LogP contribution in [0.5, 0.6) is 0 Å². The van der Waals surface area contributed by atoms with Crippen molar-refractivity contribution >= 4 is 5.78 Å². The highest BCUT2D eigenvalue weighted by atomic mass is 16.1. The summed E-state index contributed by atoms with van der Waals surface area (Å²) < 4.78 is 1.70. The summed E-state index contributed by atoms with van der Waals surface area (Å²) in [6, 6.07) is 1.74. The third kappa shape index (κ3) is 2.28. The van der Waals surface area contributed by atoms with Crippen LogP contribution in [0.4, 0.5) is 0 Å². The van der Waals surface area contributed by atoms with E-state index in [9.17, 15) is 4.79 Å². The number of hydrogen-bond acceptors (Lipinski definition) is 2. The third-order valence-corrected chi connectivity index (χ3v) is 1.69. The Bertz CT molecular complexity index is 332. The van der Waals surface area contributed by atoms with E-state index >= 15 is 0 Å². The molecule has 0 fully saturated rings. The second-order valence-corrected chi connectivity index (χ2v) is 3.12. The molecule has 0 saturated carbocycles. The van der Waals surface area contributed by atoms with Gasteiger partial charge in [-0.2, -0.15) is 5.10 Å². The van der Waals surface area contributed by atoms with Gasteiger partial charge in [-0.25, -0.2) is 0 Å². The minimum Gasteiger partial charge on any atom is -0.288 e. The molecule has 3 nitrogen and oxygen atoms in total. The molecule has 1 aromatic heterocycles. The molecule has 0 aliphatic rings. The number of aryl methyl sites for hydroxylation is 1. The van der Waals surface area contributed by atoms with E-state index in [-0.39, 0.29) is 5.78 Å². The van der Waals surface area contributed by atoms with Crippen molar-refractivity contribution in [2.24, 2.45) is 0 Å². The first-order chi connectivity index (χ1) is 6.15. The summed E-state index contributed by atoms with van der Waals surface area (Å²) in [5, 5.41) is 4.03. The number of allylic oxidation sites excluding steroid dienone is 2. The second kappa shape index (κ2) is 4.03. The number of carbonyl (C=O) groups excluding carboxylic acids is 1. The van der Waals surface area contributed by atoms with E-state index in [1.165, 1.54) is 0 Å². The van der Waals surface area contributed by atoms with Crippen molar-refractivity contribution in [2.45, 2.75) is 27.3 Å². The van der Waals surface area contributed by atoms with Gasteiger partial charge in [0.15, 0.2) is 0 Å². The van der Waals surface area contributed by atoms with Crippen LogP contribution in [0.25, 0.3) is 0 Å². The summed E-state index contributed by atoms with van der Waals surface area (Å²) in [6.45, 7) is 6.51. The van der Waals surface area contributed by atoms with Crippen molar-refractivity contribution in [1.29, 1.82) is 0 Å². The lowest BCUT2D eigenvalue weighted by Gasteiger charge is -2.00. The van der Waals surface area contributed by atoms with Crippen LogP contribution in [0, 0.1) is 0 Å². The lowest BCUT2D eigenvalue weighted by atomic mass is 10.2. The van der Waals surface area contributed by atoms with Crippen LogP contribution in [-0.2, 0) is 6.54 Å². The summed E-state index contributed by atoms with van der Waals surface area (Å²) in [7, 11) is 0. The summed E-state index contributed by atoms with van der Waals surface area (Å²) in [6.07, 6.45) is 3.28. The van der Waals surface area contributed by atoms with Gasteiger partial charge in [0.2, 0.25) is 5.78 Å². The van der Waals surface area contributed by atoms with Crippen LogP contribution in [0.3, 0.4) is 0 Å². The number of carbonyl (C=O) groups is 1. The van der Waals surface area contributed by atoms with Gasteiger partial charge in [0.1, 0.15) is 5.69 Å². The number of nitrogens with zero attached hydrogens (tertiary/aromatic N) is 2. The van der Waals surface area contributed by atoms with Gasteiger partial charge < -0.3 is 0 Å². The summed E-state index contributed by atoms with van der Waals surface area (Å²) in [5.74, 6) is 0.0272. The quantitative estimate of drug-likeness (QED) is 0.524. The zero-order valence-corrected chi connectivity index (χ0v) is 8.24. The van der Waals surface area contributed by atoms with E-state index in [2.05, 4.69) is 5.10 Å². The fourth-order valence-corrected chi connectivity index (χ4v) is 1.13. The lowest BCUT2D eigenvalue weighted by Crippen LogP contribution is -2.07. The number of hydrogen-bond donors (Lipinski definition) is 0. The predicted molar refractivity (Wildman–Crippen MR) is 51.7 cm³/mol. The van der Waals surface area contributed by atoms with E-state index in [1.807, 2.05) is 20.8 Å². The molecule has 0 saturated heterocycles. The second-order valence-electron chi connectivity index (χ2n) is 3.12. The predicted octanol–water partition coefficient (Wildman–Crippen LogP) is 2.05. The Hall–Kier alpha value is -1.38. The van der Waals surface area contributed by atoms with Crippen molar-refractivity contribution in [3.63, 3.8) is 0 Å². The van der Waals surface area contributed by atoms with E-state index < -0.39 is 0 Å². The van der Waals surface area contributed by atoms with Gasteiger partial charge in [-0.15, -0.1) is 0 Å². The Morgan fingerprint density at radius 1 is 1.62 bits per heavy atom. The molecule has 1 heterocycles. The highest BCUT2D eigenvalue weighted by Crippen LogP contribution is 2.03. The first-order valence-electron chi connectivity index (χ1n) is 4.36. The molecule has 0 spiro atoms. The monoisotopic (exact) mass is 178 g/mol. The molecule has 3 heteroatoms. The first-order valence-corrected chi connectivity index (χ1v) is 4.36. The fourth-order valence-electron chi connectivity index (χ4n) is 1.13. The zero-order valence-electron chi connectivity index (χ0n) is 8.24. The Labute approximate surface area is 78.1 Å². The molecule has 0 unspecified atom stereocenters. The Morgan fingerprint density at radius 2 is 2.31 bits per heavy atom. The van der Waals surface area contributed by atoms with E-state index in [0.717, 1.165) is 12.1 Å². The van der Waals surface area contributed by atoms with Crippen molar-refractivity contribution in [3.8, 4) is 0 Å². The standard InChI is InChI=1S/C10H14N2O/c1-4-12-9(5-6-11-12)10(13)7-8(2)3/h5-7H,4H2,1-3H3. The fraction of sp³-hybridized carbons (Fsp3) is 0.400. The zero-order chi connectivity index (χ0) is 9.84. The van der Waals surface area contributed by atoms with Gasteiger partial charge in [-0.1, -0.05) is 5.57 Å². The molecule has 0 bridgehead atoms. The number of ketones is 1. The Balaban J connectivity index is 2.95. The van der Waals surface area contributed by atoms with E-state index in [1.54, 1.807) is 23.0 Å². The molecular formula is C10H14N2O. The largest absolute Gasteiger partial charge is 0.288 e. The van der Waals surface area contributed by atoms with Gasteiger partial charge >= 0.3 is 0 Å². The molecule has 0 radical (unpaired) electrons. The average molecular weight is 178 g/mol. The summed E-state index contributed by atoms with van der Waals surface area (Å²) in [4.78, 5) is 11.6. The van der Waals surface area contributed by atoms with Crippen LogP contribution in [0.15, 0.2) is 23.9 Å². The summed E-state index contributed by atoms with van der Waals surface area (Å²) in [5.41, 5.74) is 1.66. The lowest BCUT2D eigenvalue weighted by molar-refractivity contribution is 0.103. The average Bonchev–Trinajstić information content (AvgIpc) is 2.49. The van der Waals surface area contributed by atoms with E-state index in [4.69, 9.17) is 0 Å². The molecule has 0 atom stereocenters. The Kier molecular flexibility index (Phi) is 3.01. The Morgan fingerprint density at radius 3 is 2.85 bits per heavy atom. The van der Waals surface area contributed by atoms with Gasteiger partial charge in [-0.3, -0.25) is 9.48 Å². The topological polar surface area (TPSA) is 34.9 Å². The third-order valence-electron chi connectivity index (χ3n) is 1.69. The smallest absolute Gasteiger partial charge is 0.203 e. The van der Waals surface area contributed by atoms with Crippen LogP contribution in [0.1, 0.15) is 31.3 Å². The molecule has 13 heavy (non-hydrogen) atoms. The van der Waals surface area contributed by atoms with E-state index in [0.29, 0.717) is 5.69 Å². The number of aromatic nitrogens is 2. The molecule has 1 rings (SSSR count). The van der Waals surface area contributed by atoms with Crippen molar-refractivity contribution in [2.75, 3.05) is 0 Å². The van der Waals surface area contributed by atoms with Crippen molar-refractivity contribution < 1.29 is 4.79 Å². The molecule has 70 valence electrons. The van der Waals surface area contributed by atoms with Crippen LogP contribution >= 0.6 is 0 Å². The van der Waals surface area contributed by atoms with Crippen LogP contribution in [0.2, 0.25) is 0 Å². The maximum Gasteiger partial charge on any atom is 0.203 e. The van der Waals surface area contributed by atoms with Gasteiger partial charge in [0.05, 0.1) is 0 Å². The van der Waals surface area contributed by atoms with Gasteiger partial charge in [0, 0.05) is 12.7 Å². The maximum absolute atomic E-state index is 11.6. The maximum atomic E-state index is 11.6. The molecular weight excluding hydrogens is 164 g/mol. The van der Waals surface area contributed by atoms with Crippen LogP contribution in [-0.4, -0.2) is 15.6 Å². The molecule has 0 aliphatic carbocycles. The van der Waals surface area contributed by atoms with Crippen molar-refractivity contribution in [3.05, 3.63) is 29.6 Å². The van der Waals surface area contributed by atoms with Gasteiger partial charge in [-0.05, 0) is 32.9 Å². The molecule has 0 N–H and O–H groups in total. The minimum atomic E-state index is 0.0272. The molecule has 1 aromatic rings. The molecule has 0 aliphatic heterocycles. The van der Waals surface area contributed by atoms with Crippen LogP contribution < -0.4 is 0 Å². The first kappa shape index (κ1) is 9.71. The SMILES string of the molecule is CCn1nccc1C(=O)C=C(C)C. The van der Waals surface area contributed by atoms with Crippen molar-refractivity contribution in [1.82, 2.24) is 9.78 Å². The minimum absolute atomic E-state index is 0.0272. The molecule has 0 aromatic carbocycles. The highest BCUT2D eigenvalue weighted by Gasteiger charge is 2.07. The normalized spacial score (nSPS) is 9.77. The number of rotatable bonds is 3. The molecule has 0 amide bonds.